The van der Waals surface area contributed by atoms with Crippen LogP contribution in [0.15, 0.2) is 51.4 Å². The first-order valence-electron chi connectivity index (χ1n) is 10.5. The highest BCUT2D eigenvalue weighted by Gasteiger charge is 2.51. The van der Waals surface area contributed by atoms with Crippen molar-refractivity contribution in [2.24, 2.45) is 5.41 Å². The number of rotatable bonds is 8. The van der Waals surface area contributed by atoms with E-state index in [4.69, 9.17) is 11.6 Å². The smallest absolute Gasteiger partial charge is 0.346 e. The average molecular weight is 662 g/mol. The molecule has 1 fully saturated rings. The maximum atomic E-state index is 13.7. The van der Waals surface area contributed by atoms with Crippen LogP contribution in [0, 0.1) is 5.41 Å². The van der Waals surface area contributed by atoms with E-state index in [1.54, 1.807) is 0 Å². The molecule has 1 unspecified atom stereocenters. The summed E-state index contributed by atoms with van der Waals surface area (Å²) in [5.74, 6) is -3.22. The molecule has 2 aromatic carbocycles. The molecule has 0 heterocycles. The van der Waals surface area contributed by atoms with E-state index in [1.807, 2.05) is 5.32 Å². The van der Waals surface area contributed by atoms with Gasteiger partial charge in [0, 0.05) is 26.0 Å². The molecule has 0 bridgehead atoms. The molecule has 0 saturated heterocycles. The molecule has 1 aliphatic rings. The van der Waals surface area contributed by atoms with Crippen molar-refractivity contribution in [1.29, 1.82) is 0 Å². The van der Waals surface area contributed by atoms with E-state index in [0.717, 1.165) is 6.08 Å². The fraction of sp³-hybridized carbons (Fsp3) is 0.333. The summed E-state index contributed by atoms with van der Waals surface area (Å²) < 4.78 is 79.0. The number of carbonyl (C=O) groups excluding carboxylic acids is 2. The molecule has 0 radical (unpaired) electrons. The van der Waals surface area contributed by atoms with Crippen LogP contribution in [0.4, 0.5) is 26.3 Å². The Balaban J connectivity index is 1.75. The third-order valence-electron chi connectivity index (χ3n) is 5.65. The van der Waals surface area contributed by atoms with Crippen LogP contribution in [0.5, 0.6) is 0 Å². The standard InChI is InChI=1S/C24H18Br2ClF6NO2/c25-15-8-14(9-16(27)10-15)18(24(31,32)33)4-2-13-1-3-17(19(26)7-13)20(35)11-22(5-6-22)21(36)34-12-23(28,29)30/h1-4,7-10,18H,5-6,11-12H2,(H,34,36)/b4-2+. The number of carbonyl (C=O) groups is 2. The van der Waals surface area contributed by atoms with Gasteiger partial charge in [0.2, 0.25) is 5.91 Å². The highest BCUT2D eigenvalue weighted by Crippen LogP contribution is 2.50. The molecule has 2 aromatic rings. The topological polar surface area (TPSA) is 46.2 Å². The number of ketones is 1. The Morgan fingerprint density at radius 3 is 2.25 bits per heavy atom. The maximum absolute atomic E-state index is 13.7. The van der Waals surface area contributed by atoms with Gasteiger partial charge in [-0.3, -0.25) is 9.59 Å². The van der Waals surface area contributed by atoms with Gasteiger partial charge in [-0.1, -0.05) is 61.7 Å². The van der Waals surface area contributed by atoms with Gasteiger partial charge in [0.25, 0.3) is 0 Å². The Bertz CT molecular complexity index is 1170. The van der Waals surface area contributed by atoms with Crippen molar-refractivity contribution >= 4 is 61.2 Å². The van der Waals surface area contributed by atoms with Crippen molar-refractivity contribution in [2.45, 2.75) is 37.5 Å². The Morgan fingerprint density at radius 2 is 1.72 bits per heavy atom. The molecule has 0 aliphatic heterocycles. The monoisotopic (exact) mass is 659 g/mol. The number of amides is 1. The summed E-state index contributed by atoms with van der Waals surface area (Å²) in [6.07, 6.45) is -6.59. The van der Waals surface area contributed by atoms with Gasteiger partial charge in [-0.2, -0.15) is 26.3 Å². The molecule has 1 amide bonds. The summed E-state index contributed by atoms with van der Waals surface area (Å²) in [4.78, 5) is 25.0. The first-order valence-corrected chi connectivity index (χ1v) is 12.4. The molecule has 12 heteroatoms. The number of halogens is 9. The number of nitrogens with one attached hydrogen (secondary N) is 1. The van der Waals surface area contributed by atoms with Crippen molar-refractivity contribution in [1.82, 2.24) is 5.32 Å². The number of hydrogen-bond donors (Lipinski definition) is 1. The molecule has 1 aliphatic carbocycles. The Hall–Kier alpha value is -1.85. The maximum Gasteiger partial charge on any atom is 0.405 e. The third-order valence-corrected chi connectivity index (χ3v) is 6.99. The van der Waals surface area contributed by atoms with Crippen LogP contribution < -0.4 is 5.32 Å². The van der Waals surface area contributed by atoms with E-state index in [-0.39, 0.29) is 27.0 Å². The second-order valence-electron chi connectivity index (χ2n) is 8.50. The molecule has 0 aromatic heterocycles. The number of Topliss-reactive ketones (excluding diaryl/α,β-unsaturated/α-hetero) is 1. The largest absolute Gasteiger partial charge is 0.405 e. The quantitative estimate of drug-likeness (QED) is 0.229. The average Bonchev–Trinajstić information content (AvgIpc) is 3.50. The molecule has 3 nitrogen and oxygen atoms in total. The summed E-state index contributed by atoms with van der Waals surface area (Å²) in [5.41, 5.74) is -0.681. The van der Waals surface area contributed by atoms with Gasteiger partial charge < -0.3 is 5.32 Å². The predicted molar refractivity (Wildman–Crippen MR) is 131 cm³/mol. The normalized spacial score (nSPS) is 16.1. The summed E-state index contributed by atoms with van der Waals surface area (Å²) in [6.45, 7) is -1.47. The highest BCUT2D eigenvalue weighted by molar-refractivity contribution is 9.10. The van der Waals surface area contributed by atoms with E-state index in [2.05, 4.69) is 31.9 Å². The van der Waals surface area contributed by atoms with E-state index < -0.39 is 41.9 Å². The van der Waals surface area contributed by atoms with Gasteiger partial charge in [-0.25, -0.2) is 0 Å². The minimum Gasteiger partial charge on any atom is -0.346 e. The Morgan fingerprint density at radius 1 is 1.06 bits per heavy atom. The number of hydrogen-bond acceptors (Lipinski definition) is 2. The zero-order valence-corrected chi connectivity index (χ0v) is 22.2. The van der Waals surface area contributed by atoms with Gasteiger partial charge in [0.15, 0.2) is 5.78 Å². The molecule has 1 saturated carbocycles. The summed E-state index contributed by atoms with van der Waals surface area (Å²) in [6, 6.07) is 8.32. The molecular weight excluding hydrogens is 644 g/mol. The first-order chi connectivity index (χ1) is 16.6. The van der Waals surface area contributed by atoms with Gasteiger partial charge in [-0.15, -0.1) is 0 Å². The van der Waals surface area contributed by atoms with E-state index in [0.29, 0.717) is 22.9 Å². The Labute approximate surface area is 224 Å². The minimum atomic E-state index is -4.58. The van der Waals surface area contributed by atoms with Crippen LogP contribution in [0.2, 0.25) is 5.02 Å². The van der Waals surface area contributed by atoms with Crippen LogP contribution in [-0.4, -0.2) is 30.6 Å². The fourth-order valence-electron chi connectivity index (χ4n) is 3.64. The van der Waals surface area contributed by atoms with Crippen LogP contribution in [-0.2, 0) is 4.79 Å². The summed E-state index contributed by atoms with van der Waals surface area (Å²) in [5, 5.41) is 1.97. The molecule has 3 rings (SSSR count). The molecule has 1 atom stereocenters. The lowest BCUT2D eigenvalue weighted by atomic mass is 9.93. The summed E-state index contributed by atoms with van der Waals surface area (Å²) >= 11 is 12.3. The zero-order valence-electron chi connectivity index (χ0n) is 18.2. The van der Waals surface area contributed by atoms with Crippen LogP contribution >= 0.6 is 43.5 Å². The minimum absolute atomic E-state index is 0.0532. The van der Waals surface area contributed by atoms with Gasteiger partial charge in [0.05, 0.1) is 11.3 Å². The molecule has 194 valence electrons. The van der Waals surface area contributed by atoms with Crippen LogP contribution in [0.3, 0.4) is 0 Å². The van der Waals surface area contributed by atoms with E-state index in [1.165, 1.54) is 42.5 Å². The Kier molecular flexibility index (Phi) is 8.67. The van der Waals surface area contributed by atoms with Crippen molar-refractivity contribution in [3.05, 3.63) is 73.1 Å². The van der Waals surface area contributed by atoms with E-state index in [9.17, 15) is 35.9 Å². The van der Waals surface area contributed by atoms with Gasteiger partial charge in [0.1, 0.15) is 6.54 Å². The van der Waals surface area contributed by atoms with Crippen molar-refractivity contribution in [3.8, 4) is 0 Å². The lowest BCUT2D eigenvalue weighted by Crippen LogP contribution is -2.39. The molecule has 0 spiro atoms. The number of alkyl halides is 6. The highest BCUT2D eigenvalue weighted by atomic mass is 79.9. The van der Waals surface area contributed by atoms with Crippen LogP contribution in [0.25, 0.3) is 6.08 Å². The van der Waals surface area contributed by atoms with Crippen molar-refractivity contribution in [2.75, 3.05) is 6.54 Å². The lowest BCUT2D eigenvalue weighted by molar-refractivity contribution is -0.141. The SMILES string of the molecule is O=C(CC1(C(=O)NCC(F)(F)F)CC1)c1ccc(/C=C/C(c2cc(Cl)cc(Br)c2)C(F)(F)F)cc1Br. The third kappa shape index (κ3) is 7.58. The van der Waals surface area contributed by atoms with Crippen molar-refractivity contribution in [3.63, 3.8) is 0 Å². The molecule has 36 heavy (non-hydrogen) atoms. The van der Waals surface area contributed by atoms with Gasteiger partial charge in [-0.05, 0) is 54.3 Å². The lowest BCUT2D eigenvalue weighted by Gasteiger charge is -2.18. The fourth-order valence-corrected chi connectivity index (χ4v) is 5.14. The first kappa shape index (κ1) is 28.7. The predicted octanol–water partition coefficient (Wildman–Crippen LogP) is 8.26. The molecule has 1 N–H and O–H groups in total. The second kappa shape index (κ2) is 10.9. The van der Waals surface area contributed by atoms with Gasteiger partial charge >= 0.3 is 12.4 Å². The summed E-state index contributed by atoms with van der Waals surface area (Å²) in [7, 11) is 0. The zero-order chi connectivity index (χ0) is 26.9. The van der Waals surface area contributed by atoms with Crippen molar-refractivity contribution < 1.29 is 35.9 Å². The second-order valence-corrected chi connectivity index (χ2v) is 10.7. The number of allylic oxidation sites excluding steroid dienone is 1. The van der Waals surface area contributed by atoms with Crippen LogP contribution in [0.1, 0.15) is 46.7 Å². The molecular formula is C24H18Br2ClF6NO2. The van der Waals surface area contributed by atoms with E-state index >= 15 is 0 Å². The number of benzene rings is 2.